The summed E-state index contributed by atoms with van der Waals surface area (Å²) in [5.41, 5.74) is 3.47. The van der Waals surface area contributed by atoms with Gasteiger partial charge >= 0.3 is 5.97 Å². The van der Waals surface area contributed by atoms with Gasteiger partial charge in [-0.05, 0) is 43.5 Å². The molecule has 2 N–H and O–H groups in total. The molecular weight excluding hydrogens is 325 g/mol. The molecule has 0 spiro atoms. The molecular formula is C18H22FN3O3. The third kappa shape index (κ3) is 4.89. The van der Waals surface area contributed by atoms with Crippen LogP contribution in [-0.4, -0.2) is 26.8 Å². The number of aromatic nitrogens is 2. The van der Waals surface area contributed by atoms with Crippen molar-refractivity contribution in [3.05, 3.63) is 52.6 Å². The van der Waals surface area contributed by atoms with Gasteiger partial charge in [-0.3, -0.25) is 14.3 Å². The molecule has 7 heteroatoms. The van der Waals surface area contributed by atoms with E-state index in [1.165, 1.54) is 24.3 Å². The number of hydrogen-bond acceptors (Lipinski definition) is 3. The Bertz CT molecular complexity index is 769. The lowest BCUT2D eigenvalue weighted by atomic mass is 10.0. The Hall–Kier alpha value is -2.70. The van der Waals surface area contributed by atoms with Crippen LogP contribution >= 0.6 is 0 Å². The Balaban J connectivity index is 2.04. The summed E-state index contributed by atoms with van der Waals surface area (Å²) in [7, 11) is 1.85. The molecule has 0 aliphatic heterocycles. The van der Waals surface area contributed by atoms with Gasteiger partial charge in [0.15, 0.2) is 0 Å². The van der Waals surface area contributed by atoms with Crippen LogP contribution in [0.1, 0.15) is 41.4 Å². The van der Waals surface area contributed by atoms with Gasteiger partial charge in [-0.1, -0.05) is 12.1 Å². The fraction of sp³-hybridized carbons (Fsp3) is 0.389. The highest BCUT2D eigenvalue weighted by atomic mass is 19.1. The van der Waals surface area contributed by atoms with Gasteiger partial charge in [-0.2, -0.15) is 5.10 Å². The minimum Gasteiger partial charge on any atom is -0.481 e. The molecule has 2 rings (SSSR count). The van der Waals surface area contributed by atoms with Crippen LogP contribution in [0.4, 0.5) is 4.39 Å². The van der Waals surface area contributed by atoms with E-state index in [1.807, 2.05) is 20.9 Å². The van der Waals surface area contributed by atoms with Gasteiger partial charge in [0.2, 0.25) is 5.91 Å². The quantitative estimate of drug-likeness (QED) is 0.806. The minimum absolute atomic E-state index is 0.227. The molecule has 134 valence electrons. The molecule has 1 atom stereocenters. The first-order chi connectivity index (χ1) is 11.8. The molecule has 0 saturated heterocycles. The van der Waals surface area contributed by atoms with Crippen molar-refractivity contribution in [3.63, 3.8) is 0 Å². The summed E-state index contributed by atoms with van der Waals surface area (Å²) in [6.45, 7) is 3.84. The first-order valence-corrected chi connectivity index (χ1v) is 8.03. The van der Waals surface area contributed by atoms with Crippen molar-refractivity contribution in [2.45, 2.75) is 39.2 Å². The highest BCUT2D eigenvalue weighted by Gasteiger charge is 2.19. The second-order valence-corrected chi connectivity index (χ2v) is 6.04. The average Bonchev–Trinajstić information content (AvgIpc) is 2.78. The molecule has 0 bridgehead atoms. The van der Waals surface area contributed by atoms with E-state index in [9.17, 15) is 14.0 Å². The van der Waals surface area contributed by atoms with E-state index >= 15 is 0 Å². The predicted molar refractivity (Wildman–Crippen MR) is 90.5 cm³/mol. The summed E-state index contributed by atoms with van der Waals surface area (Å²) in [6, 6.07) is 4.77. The Morgan fingerprint density at radius 1 is 1.28 bits per heavy atom. The first-order valence-electron chi connectivity index (χ1n) is 8.03. The van der Waals surface area contributed by atoms with Gasteiger partial charge in [0.05, 0.1) is 18.2 Å². The molecule has 1 aromatic heterocycles. The van der Waals surface area contributed by atoms with E-state index in [2.05, 4.69) is 10.4 Å². The van der Waals surface area contributed by atoms with Crippen molar-refractivity contribution in [2.75, 3.05) is 0 Å². The van der Waals surface area contributed by atoms with Crippen molar-refractivity contribution >= 4 is 11.9 Å². The number of aryl methyl sites for hydroxylation is 2. The fourth-order valence-electron chi connectivity index (χ4n) is 2.81. The normalized spacial score (nSPS) is 12.0. The molecule has 0 saturated carbocycles. The van der Waals surface area contributed by atoms with Gasteiger partial charge in [0.25, 0.3) is 0 Å². The smallest absolute Gasteiger partial charge is 0.305 e. The van der Waals surface area contributed by atoms with Crippen LogP contribution in [0, 0.1) is 19.7 Å². The summed E-state index contributed by atoms with van der Waals surface area (Å²) < 4.78 is 14.8. The van der Waals surface area contributed by atoms with E-state index in [1.54, 1.807) is 4.68 Å². The third-order valence-corrected chi connectivity index (χ3v) is 4.25. The lowest BCUT2D eigenvalue weighted by molar-refractivity contribution is -0.137. The maximum absolute atomic E-state index is 13.0. The van der Waals surface area contributed by atoms with Crippen LogP contribution in [0.15, 0.2) is 24.3 Å². The molecule has 6 nitrogen and oxygen atoms in total. The Morgan fingerprint density at radius 3 is 2.44 bits per heavy atom. The monoisotopic (exact) mass is 347 g/mol. The fourth-order valence-corrected chi connectivity index (χ4v) is 2.81. The number of rotatable bonds is 7. The Kier molecular flexibility index (Phi) is 5.90. The van der Waals surface area contributed by atoms with Crippen LogP contribution < -0.4 is 5.32 Å². The van der Waals surface area contributed by atoms with E-state index in [-0.39, 0.29) is 18.7 Å². The summed E-state index contributed by atoms with van der Waals surface area (Å²) in [5.74, 6) is -1.70. The highest BCUT2D eigenvalue weighted by Crippen LogP contribution is 2.19. The highest BCUT2D eigenvalue weighted by molar-refractivity contribution is 5.78. The zero-order valence-electron chi connectivity index (χ0n) is 14.5. The maximum atomic E-state index is 13.0. The molecule has 1 unspecified atom stereocenters. The molecule has 1 aromatic carbocycles. The van der Waals surface area contributed by atoms with Crippen molar-refractivity contribution in [3.8, 4) is 0 Å². The Morgan fingerprint density at radius 2 is 1.92 bits per heavy atom. The number of carbonyl (C=O) groups is 2. The summed E-state index contributed by atoms with van der Waals surface area (Å²) in [5, 5.41) is 16.1. The molecule has 0 aliphatic rings. The van der Waals surface area contributed by atoms with Crippen molar-refractivity contribution in [2.24, 2.45) is 7.05 Å². The topological polar surface area (TPSA) is 84.2 Å². The SMILES string of the molecule is Cc1nn(C)c(C)c1CCC(=O)NC(CC(=O)O)c1ccc(F)cc1. The summed E-state index contributed by atoms with van der Waals surface area (Å²) in [6.07, 6.45) is 0.494. The van der Waals surface area contributed by atoms with Crippen LogP contribution in [-0.2, 0) is 23.1 Å². The predicted octanol–water partition coefficient (Wildman–Crippen LogP) is 2.44. The largest absolute Gasteiger partial charge is 0.481 e. The minimum atomic E-state index is -1.03. The van der Waals surface area contributed by atoms with Crippen molar-refractivity contribution in [1.82, 2.24) is 15.1 Å². The third-order valence-electron chi connectivity index (χ3n) is 4.25. The number of aliphatic carboxylic acids is 1. The zero-order valence-corrected chi connectivity index (χ0v) is 14.5. The number of carbonyl (C=O) groups excluding carboxylic acids is 1. The number of nitrogens with one attached hydrogen (secondary N) is 1. The maximum Gasteiger partial charge on any atom is 0.305 e. The molecule has 0 fully saturated rings. The van der Waals surface area contributed by atoms with Crippen LogP contribution in [0.25, 0.3) is 0 Å². The van der Waals surface area contributed by atoms with E-state index < -0.39 is 17.8 Å². The lowest BCUT2D eigenvalue weighted by Gasteiger charge is -2.17. The number of amides is 1. The number of carboxylic acid groups (broad SMARTS) is 1. The van der Waals surface area contributed by atoms with Crippen molar-refractivity contribution in [1.29, 1.82) is 0 Å². The number of benzene rings is 1. The summed E-state index contributed by atoms with van der Waals surface area (Å²) in [4.78, 5) is 23.3. The van der Waals surface area contributed by atoms with Gasteiger partial charge in [-0.25, -0.2) is 4.39 Å². The van der Waals surface area contributed by atoms with Crippen molar-refractivity contribution < 1.29 is 19.1 Å². The zero-order chi connectivity index (χ0) is 18.6. The number of nitrogens with zero attached hydrogens (tertiary/aromatic N) is 2. The molecule has 1 heterocycles. The van der Waals surface area contributed by atoms with Crippen LogP contribution in [0.2, 0.25) is 0 Å². The Labute approximate surface area is 145 Å². The lowest BCUT2D eigenvalue weighted by Crippen LogP contribution is -2.30. The molecule has 25 heavy (non-hydrogen) atoms. The van der Waals surface area contributed by atoms with Gasteiger partial charge in [0, 0.05) is 19.2 Å². The molecule has 2 aromatic rings. The van der Waals surface area contributed by atoms with Crippen LogP contribution in [0.3, 0.4) is 0 Å². The van der Waals surface area contributed by atoms with Gasteiger partial charge in [-0.15, -0.1) is 0 Å². The second kappa shape index (κ2) is 7.92. The van der Waals surface area contributed by atoms with Gasteiger partial charge in [0.1, 0.15) is 5.82 Å². The molecule has 0 radical (unpaired) electrons. The van der Waals surface area contributed by atoms with E-state index in [4.69, 9.17) is 5.11 Å². The second-order valence-electron chi connectivity index (χ2n) is 6.04. The van der Waals surface area contributed by atoms with Gasteiger partial charge < -0.3 is 10.4 Å². The number of carboxylic acids is 1. The standard InChI is InChI=1S/C18H22FN3O3/c1-11-15(12(2)22(3)21-11)8-9-17(23)20-16(10-18(24)25)13-4-6-14(19)7-5-13/h4-7,16H,8-10H2,1-3H3,(H,20,23)(H,24,25). The number of hydrogen-bond donors (Lipinski definition) is 2. The average molecular weight is 347 g/mol. The van der Waals surface area contributed by atoms with Crippen LogP contribution in [0.5, 0.6) is 0 Å². The summed E-state index contributed by atoms with van der Waals surface area (Å²) >= 11 is 0. The molecule has 1 amide bonds. The van der Waals surface area contributed by atoms with E-state index in [0.29, 0.717) is 12.0 Å². The van der Waals surface area contributed by atoms with E-state index in [0.717, 1.165) is 17.0 Å². The first kappa shape index (κ1) is 18.6. The molecule has 0 aliphatic carbocycles. The number of halogens is 1.